The molecule has 0 bridgehead atoms. The Morgan fingerprint density at radius 3 is 1.82 bits per heavy atom. The van der Waals surface area contributed by atoms with E-state index in [9.17, 15) is 0 Å². The molecule has 22 heavy (non-hydrogen) atoms. The average molecular weight is 321 g/mol. The first-order valence-corrected chi connectivity index (χ1v) is 9.36. The standard InChI is InChI=1S/C20H32OS/c1-3-4-5-6-7-8-9-10-11-12-13-18-14-16-19(17-15-18)20(22)21-2/h14-17H,3-13H2,1-2H3. The number of benzene rings is 1. The lowest BCUT2D eigenvalue weighted by atomic mass is 10.0. The quantitative estimate of drug-likeness (QED) is 0.322. The SMILES string of the molecule is CCCCCCCCCCCCc1ccc(C(=S)OC)cc1. The van der Waals surface area contributed by atoms with Gasteiger partial charge in [-0.15, -0.1) is 0 Å². The molecule has 0 aliphatic rings. The molecule has 2 heteroatoms. The Hall–Kier alpha value is -0.890. The number of methoxy groups -OCH3 is 1. The van der Waals surface area contributed by atoms with Gasteiger partial charge in [-0.1, -0.05) is 89.0 Å². The smallest absolute Gasteiger partial charge is 0.190 e. The highest BCUT2D eigenvalue weighted by molar-refractivity contribution is 7.80. The van der Waals surface area contributed by atoms with E-state index in [-0.39, 0.29) is 0 Å². The number of aryl methyl sites for hydroxylation is 1. The van der Waals surface area contributed by atoms with Crippen LogP contribution >= 0.6 is 12.2 Å². The van der Waals surface area contributed by atoms with E-state index in [0.717, 1.165) is 5.56 Å². The second-order valence-electron chi connectivity index (χ2n) is 6.12. The lowest BCUT2D eigenvalue weighted by Crippen LogP contribution is -1.99. The maximum Gasteiger partial charge on any atom is 0.190 e. The zero-order chi connectivity index (χ0) is 16.0. The molecule has 0 radical (unpaired) electrons. The Balaban J connectivity index is 2.01. The van der Waals surface area contributed by atoms with E-state index in [4.69, 9.17) is 17.0 Å². The van der Waals surface area contributed by atoms with Gasteiger partial charge in [-0.3, -0.25) is 0 Å². The van der Waals surface area contributed by atoms with Crippen molar-refractivity contribution < 1.29 is 4.74 Å². The van der Waals surface area contributed by atoms with Crippen LogP contribution in [0.3, 0.4) is 0 Å². The van der Waals surface area contributed by atoms with Crippen LogP contribution in [-0.4, -0.2) is 12.2 Å². The van der Waals surface area contributed by atoms with Crippen molar-refractivity contribution in [3.8, 4) is 0 Å². The van der Waals surface area contributed by atoms with Crippen molar-refractivity contribution in [2.24, 2.45) is 0 Å². The van der Waals surface area contributed by atoms with Crippen LogP contribution < -0.4 is 0 Å². The highest BCUT2D eigenvalue weighted by atomic mass is 32.1. The predicted octanol–water partition coefficient (Wildman–Crippen LogP) is 6.47. The van der Waals surface area contributed by atoms with Crippen LogP contribution in [0.1, 0.15) is 82.3 Å². The molecule has 124 valence electrons. The summed E-state index contributed by atoms with van der Waals surface area (Å²) < 4.78 is 5.07. The third kappa shape index (κ3) is 8.53. The third-order valence-corrected chi connectivity index (χ3v) is 4.60. The Bertz CT molecular complexity index is 397. The van der Waals surface area contributed by atoms with E-state index in [1.165, 1.54) is 76.2 Å². The van der Waals surface area contributed by atoms with Crippen LogP contribution in [0.4, 0.5) is 0 Å². The fourth-order valence-corrected chi connectivity index (χ4v) is 2.88. The van der Waals surface area contributed by atoms with Gasteiger partial charge in [0, 0.05) is 5.56 Å². The molecule has 0 amide bonds. The van der Waals surface area contributed by atoms with E-state index >= 15 is 0 Å². The summed E-state index contributed by atoms with van der Waals surface area (Å²) in [6.07, 6.45) is 15.1. The lowest BCUT2D eigenvalue weighted by molar-refractivity contribution is 0.416. The first-order valence-electron chi connectivity index (χ1n) is 8.95. The minimum atomic E-state index is 0.575. The minimum absolute atomic E-state index is 0.575. The van der Waals surface area contributed by atoms with Crippen LogP contribution in [0.25, 0.3) is 0 Å². The zero-order valence-corrected chi connectivity index (χ0v) is 15.2. The van der Waals surface area contributed by atoms with Gasteiger partial charge in [0.15, 0.2) is 5.05 Å². The predicted molar refractivity (Wildman–Crippen MR) is 101 cm³/mol. The summed E-state index contributed by atoms with van der Waals surface area (Å²) in [5.41, 5.74) is 2.41. The van der Waals surface area contributed by atoms with Crippen LogP contribution in [0.5, 0.6) is 0 Å². The molecule has 0 saturated carbocycles. The van der Waals surface area contributed by atoms with Gasteiger partial charge >= 0.3 is 0 Å². The molecule has 0 aliphatic carbocycles. The first kappa shape index (κ1) is 19.2. The molecule has 0 N–H and O–H groups in total. The highest BCUT2D eigenvalue weighted by Crippen LogP contribution is 2.13. The Morgan fingerprint density at radius 2 is 1.32 bits per heavy atom. The van der Waals surface area contributed by atoms with E-state index in [1.807, 2.05) is 0 Å². The normalized spacial score (nSPS) is 10.6. The number of hydrogen-bond donors (Lipinski definition) is 0. The number of rotatable bonds is 12. The molecular formula is C20H32OS. The van der Waals surface area contributed by atoms with Crippen molar-refractivity contribution in [3.05, 3.63) is 35.4 Å². The summed E-state index contributed by atoms with van der Waals surface area (Å²) in [4.78, 5) is 0. The van der Waals surface area contributed by atoms with Gasteiger partial charge in [0.1, 0.15) is 0 Å². The van der Waals surface area contributed by atoms with Crippen molar-refractivity contribution in [2.75, 3.05) is 7.11 Å². The maximum atomic E-state index is 5.12. The fourth-order valence-electron chi connectivity index (χ4n) is 2.74. The molecule has 0 fully saturated rings. The van der Waals surface area contributed by atoms with Gasteiger partial charge in [-0.05, 0) is 30.6 Å². The van der Waals surface area contributed by atoms with Crippen LogP contribution in [0, 0.1) is 0 Å². The number of ether oxygens (including phenoxy) is 1. The van der Waals surface area contributed by atoms with Crippen LogP contribution in [-0.2, 0) is 11.2 Å². The first-order chi connectivity index (χ1) is 10.8. The molecular weight excluding hydrogens is 288 g/mol. The average Bonchev–Trinajstić information content (AvgIpc) is 2.56. The van der Waals surface area contributed by atoms with Crippen molar-refractivity contribution in [1.82, 2.24) is 0 Å². The number of thiocarbonyl (C=S) groups is 1. The van der Waals surface area contributed by atoms with Gasteiger partial charge in [0.2, 0.25) is 0 Å². The Morgan fingerprint density at radius 1 is 0.818 bits per heavy atom. The molecule has 0 saturated heterocycles. The summed E-state index contributed by atoms with van der Waals surface area (Å²) in [7, 11) is 1.63. The van der Waals surface area contributed by atoms with E-state index in [2.05, 4.69) is 31.2 Å². The highest BCUT2D eigenvalue weighted by Gasteiger charge is 2.00. The van der Waals surface area contributed by atoms with Crippen molar-refractivity contribution in [1.29, 1.82) is 0 Å². The lowest BCUT2D eigenvalue weighted by Gasteiger charge is -2.05. The molecule has 0 atom stereocenters. The van der Waals surface area contributed by atoms with Gasteiger partial charge < -0.3 is 4.74 Å². The molecule has 1 rings (SSSR count). The van der Waals surface area contributed by atoms with Gasteiger partial charge in [0.05, 0.1) is 7.11 Å². The summed E-state index contributed by atoms with van der Waals surface area (Å²) >= 11 is 5.12. The molecule has 1 aromatic rings. The van der Waals surface area contributed by atoms with E-state index in [0.29, 0.717) is 5.05 Å². The second kappa shape index (κ2) is 12.6. The minimum Gasteiger partial charge on any atom is -0.486 e. The summed E-state index contributed by atoms with van der Waals surface area (Å²) in [5, 5.41) is 0.575. The Labute approximate surface area is 142 Å². The van der Waals surface area contributed by atoms with Crippen molar-refractivity contribution in [2.45, 2.75) is 77.6 Å². The van der Waals surface area contributed by atoms with Gasteiger partial charge in [0.25, 0.3) is 0 Å². The molecule has 0 spiro atoms. The molecule has 1 aromatic carbocycles. The van der Waals surface area contributed by atoms with Crippen LogP contribution in [0.2, 0.25) is 0 Å². The second-order valence-corrected chi connectivity index (χ2v) is 6.49. The van der Waals surface area contributed by atoms with Crippen LogP contribution in [0.15, 0.2) is 24.3 Å². The van der Waals surface area contributed by atoms with Crippen molar-refractivity contribution in [3.63, 3.8) is 0 Å². The maximum absolute atomic E-state index is 5.12. The summed E-state index contributed by atoms with van der Waals surface area (Å²) in [5.74, 6) is 0. The fraction of sp³-hybridized carbons (Fsp3) is 0.650. The van der Waals surface area contributed by atoms with Gasteiger partial charge in [-0.2, -0.15) is 0 Å². The zero-order valence-electron chi connectivity index (χ0n) is 14.4. The summed E-state index contributed by atoms with van der Waals surface area (Å²) in [6, 6.07) is 8.48. The molecule has 0 unspecified atom stereocenters. The monoisotopic (exact) mass is 320 g/mol. The largest absolute Gasteiger partial charge is 0.486 e. The van der Waals surface area contributed by atoms with Gasteiger partial charge in [-0.25, -0.2) is 0 Å². The van der Waals surface area contributed by atoms with Crippen molar-refractivity contribution >= 4 is 17.3 Å². The topological polar surface area (TPSA) is 9.23 Å². The molecule has 0 aliphatic heterocycles. The van der Waals surface area contributed by atoms with E-state index < -0.39 is 0 Å². The molecule has 1 nitrogen and oxygen atoms in total. The molecule has 0 aromatic heterocycles. The molecule has 0 heterocycles. The number of unbranched alkanes of at least 4 members (excludes halogenated alkanes) is 9. The third-order valence-electron chi connectivity index (χ3n) is 4.19. The van der Waals surface area contributed by atoms with E-state index in [1.54, 1.807) is 7.11 Å². The Kier molecular flexibility index (Phi) is 11.0. The summed E-state index contributed by atoms with van der Waals surface area (Å²) in [6.45, 7) is 2.28. The number of hydrogen-bond acceptors (Lipinski definition) is 2.